The molecule has 1 unspecified atom stereocenters. The summed E-state index contributed by atoms with van der Waals surface area (Å²) in [5.74, 6) is 0.906. The number of para-hydroxylation sites is 1. The molecular formula is C18H24N2O. The summed E-state index contributed by atoms with van der Waals surface area (Å²) in [5, 5.41) is 3.57. The van der Waals surface area contributed by atoms with Crippen molar-refractivity contribution >= 4 is 5.69 Å². The average Bonchev–Trinajstić information content (AvgIpc) is 2.47. The first-order valence-corrected chi connectivity index (χ1v) is 7.23. The molecule has 0 radical (unpaired) electrons. The Morgan fingerprint density at radius 3 is 2.57 bits per heavy atom. The van der Waals surface area contributed by atoms with Crippen LogP contribution in [0.25, 0.3) is 0 Å². The largest absolute Gasteiger partial charge is 0.496 e. The Balaban J connectivity index is 2.21. The Hall–Kier alpha value is -2.00. The van der Waals surface area contributed by atoms with Crippen LogP contribution in [-0.2, 0) is 6.42 Å². The van der Waals surface area contributed by atoms with Gasteiger partial charge in [-0.05, 0) is 49.6 Å². The Labute approximate surface area is 127 Å². The lowest BCUT2D eigenvalue weighted by molar-refractivity contribution is 0.403. The van der Waals surface area contributed by atoms with Gasteiger partial charge in [-0.1, -0.05) is 30.3 Å². The molecule has 21 heavy (non-hydrogen) atoms. The summed E-state index contributed by atoms with van der Waals surface area (Å²) < 4.78 is 5.44. The molecule has 0 aromatic heterocycles. The van der Waals surface area contributed by atoms with Crippen LogP contribution < -0.4 is 15.8 Å². The van der Waals surface area contributed by atoms with Gasteiger partial charge in [-0.2, -0.15) is 0 Å². The molecule has 0 saturated heterocycles. The number of ether oxygens (including phenoxy) is 1. The highest BCUT2D eigenvalue weighted by atomic mass is 16.5. The summed E-state index contributed by atoms with van der Waals surface area (Å²) >= 11 is 0. The topological polar surface area (TPSA) is 47.3 Å². The first-order chi connectivity index (χ1) is 10.1. The molecule has 0 heterocycles. The first-order valence-electron chi connectivity index (χ1n) is 7.23. The average molecular weight is 284 g/mol. The lowest BCUT2D eigenvalue weighted by Gasteiger charge is -2.31. The monoisotopic (exact) mass is 284 g/mol. The fourth-order valence-corrected chi connectivity index (χ4v) is 2.51. The minimum Gasteiger partial charge on any atom is -0.496 e. The van der Waals surface area contributed by atoms with E-state index in [1.807, 2.05) is 18.2 Å². The summed E-state index contributed by atoms with van der Waals surface area (Å²) in [6.07, 6.45) is 0.807. The zero-order valence-corrected chi connectivity index (χ0v) is 13.0. The maximum atomic E-state index is 6.03. The third-order valence-electron chi connectivity index (χ3n) is 3.69. The SMILES string of the molecule is COc1ccccc1CC(C)(CN)Nc1cccc(C)c1. The first kappa shape index (κ1) is 15.4. The van der Waals surface area contributed by atoms with Crippen molar-refractivity contribution in [2.75, 3.05) is 19.0 Å². The van der Waals surface area contributed by atoms with Gasteiger partial charge < -0.3 is 15.8 Å². The molecule has 0 aliphatic rings. The van der Waals surface area contributed by atoms with E-state index < -0.39 is 0 Å². The van der Waals surface area contributed by atoms with Crippen LogP contribution in [0, 0.1) is 6.92 Å². The van der Waals surface area contributed by atoms with Crippen LogP contribution >= 0.6 is 0 Å². The molecule has 0 spiro atoms. The summed E-state index contributed by atoms with van der Waals surface area (Å²) in [6.45, 7) is 4.77. The number of methoxy groups -OCH3 is 1. The van der Waals surface area contributed by atoms with Gasteiger partial charge in [0, 0.05) is 12.2 Å². The van der Waals surface area contributed by atoms with Crippen LogP contribution in [0.2, 0.25) is 0 Å². The van der Waals surface area contributed by atoms with Crippen molar-refractivity contribution in [1.82, 2.24) is 0 Å². The standard InChI is InChI=1S/C18H24N2O/c1-14-7-6-9-16(11-14)20-18(2,13-19)12-15-8-4-5-10-17(15)21-3/h4-11,20H,12-13,19H2,1-3H3. The van der Waals surface area contributed by atoms with Crippen molar-refractivity contribution in [1.29, 1.82) is 0 Å². The van der Waals surface area contributed by atoms with Crippen molar-refractivity contribution in [3.63, 3.8) is 0 Å². The van der Waals surface area contributed by atoms with Crippen LogP contribution in [0.3, 0.4) is 0 Å². The molecule has 2 rings (SSSR count). The molecule has 1 atom stereocenters. The van der Waals surface area contributed by atoms with E-state index in [1.165, 1.54) is 5.56 Å². The maximum Gasteiger partial charge on any atom is 0.122 e. The van der Waals surface area contributed by atoms with E-state index in [0.717, 1.165) is 23.4 Å². The fraction of sp³-hybridized carbons (Fsp3) is 0.333. The third kappa shape index (κ3) is 3.99. The highest BCUT2D eigenvalue weighted by Crippen LogP contribution is 2.25. The van der Waals surface area contributed by atoms with Crippen molar-refractivity contribution in [3.05, 3.63) is 59.7 Å². The number of hydrogen-bond donors (Lipinski definition) is 2. The van der Waals surface area contributed by atoms with Crippen molar-refractivity contribution in [2.45, 2.75) is 25.8 Å². The Kier molecular flexibility index (Phi) is 4.86. The number of nitrogens with two attached hydrogens (primary N) is 1. The van der Waals surface area contributed by atoms with Gasteiger partial charge in [0.2, 0.25) is 0 Å². The highest BCUT2D eigenvalue weighted by Gasteiger charge is 2.24. The number of benzene rings is 2. The van der Waals surface area contributed by atoms with Gasteiger partial charge >= 0.3 is 0 Å². The van der Waals surface area contributed by atoms with E-state index in [9.17, 15) is 0 Å². The van der Waals surface area contributed by atoms with Crippen LogP contribution in [-0.4, -0.2) is 19.2 Å². The van der Waals surface area contributed by atoms with E-state index in [4.69, 9.17) is 10.5 Å². The predicted molar refractivity (Wildman–Crippen MR) is 89.0 cm³/mol. The molecule has 112 valence electrons. The van der Waals surface area contributed by atoms with Gasteiger partial charge in [0.15, 0.2) is 0 Å². The van der Waals surface area contributed by atoms with Crippen LogP contribution in [0.15, 0.2) is 48.5 Å². The van der Waals surface area contributed by atoms with Gasteiger partial charge in [-0.3, -0.25) is 0 Å². The quantitative estimate of drug-likeness (QED) is 0.855. The zero-order valence-electron chi connectivity index (χ0n) is 13.0. The fourth-order valence-electron chi connectivity index (χ4n) is 2.51. The van der Waals surface area contributed by atoms with E-state index in [0.29, 0.717) is 6.54 Å². The van der Waals surface area contributed by atoms with Crippen molar-refractivity contribution < 1.29 is 4.74 Å². The van der Waals surface area contributed by atoms with Gasteiger partial charge in [-0.15, -0.1) is 0 Å². The molecule has 2 aromatic carbocycles. The molecule has 0 bridgehead atoms. The minimum absolute atomic E-state index is 0.220. The van der Waals surface area contributed by atoms with E-state index >= 15 is 0 Å². The number of hydrogen-bond acceptors (Lipinski definition) is 3. The summed E-state index contributed by atoms with van der Waals surface area (Å²) in [5.41, 5.74) is 9.30. The second kappa shape index (κ2) is 6.64. The Morgan fingerprint density at radius 1 is 1.14 bits per heavy atom. The molecule has 0 saturated carbocycles. The lowest BCUT2D eigenvalue weighted by atomic mass is 9.91. The van der Waals surface area contributed by atoms with Gasteiger partial charge in [0.05, 0.1) is 12.6 Å². The van der Waals surface area contributed by atoms with Gasteiger partial charge in [-0.25, -0.2) is 0 Å². The highest BCUT2D eigenvalue weighted by molar-refractivity contribution is 5.48. The third-order valence-corrected chi connectivity index (χ3v) is 3.69. The molecule has 3 nitrogen and oxygen atoms in total. The summed E-state index contributed by atoms with van der Waals surface area (Å²) in [7, 11) is 1.70. The van der Waals surface area contributed by atoms with Crippen molar-refractivity contribution in [2.24, 2.45) is 5.73 Å². The number of nitrogens with one attached hydrogen (secondary N) is 1. The molecule has 3 N–H and O–H groups in total. The van der Waals surface area contributed by atoms with E-state index in [-0.39, 0.29) is 5.54 Å². The second-order valence-electron chi connectivity index (χ2n) is 5.75. The Morgan fingerprint density at radius 2 is 1.90 bits per heavy atom. The van der Waals surface area contributed by atoms with Crippen LogP contribution in [0.1, 0.15) is 18.1 Å². The second-order valence-corrected chi connectivity index (χ2v) is 5.75. The molecule has 0 aliphatic heterocycles. The molecule has 0 fully saturated rings. The lowest BCUT2D eigenvalue weighted by Crippen LogP contribution is -2.44. The zero-order chi connectivity index (χ0) is 15.3. The molecule has 0 amide bonds. The van der Waals surface area contributed by atoms with Gasteiger partial charge in [0.1, 0.15) is 5.75 Å². The molecule has 3 heteroatoms. The number of aryl methyl sites for hydroxylation is 1. The van der Waals surface area contributed by atoms with E-state index in [2.05, 4.69) is 49.5 Å². The van der Waals surface area contributed by atoms with Gasteiger partial charge in [0.25, 0.3) is 0 Å². The number of rotatable bonds is 6. The van der Waals surface area contributed by atoms with Crippen LogP contribution in [0.5, 0.6) is 5.75 Å². The maximum absolute atomic E-state index is 6.03. The Bertz CT molecular complexity index is 597. The predicted octanol–water partition coefficient (Wildman–Crippen LogP) is 3.38. The molecule has 0 aliphatic carbocycles. The summed E-state index contributed by atoms with van der Waals surface area (Å²) in [6, 6.07) is 16.4. The van der Waals surface area contributed by atoms with E-state index in [1.54, 1.807) is 7.11 Å². The van der Waals surface area contributed by atoms with Crippen molar-refractivity contribution in [3.8, 4) is 5.75 Å². The number of anilines is 1. The molecule has 2 aromatic rings. The summed E-state index contributed by atoms with van der Waals surface area (Å²) in [4.78, 5) is 0. The normalized spacial score (nSPS) is 13.5. The minimum atomic E-state index is -0.220. The molecular weight excluding hydrogens is 260 g/mol. The van der Waals surface area contributed by atoms with Crippen LogP contribution in [0.4, 0.5) is 5.69 Å². The smallest absolute Gasteiger partial charge is 0.122 e.